The molecule has 1 unspecified atom stereocenters. The Kier molecular flexibility index (Phi) is 6.51. The van der Waals surface area contributed by atoms with Crippen LogP contribution in [0.4, 0.5) is 0 Å². The highest BCUT2D eigenvalue weighted by molar-refractivity contribution is 5.85. The van der Waals surface area contributed by atoms with Crippen molar-refractivity contribution in [2.24, 2.45) is 0 Å². The van der Waals surface area contributed by atoms with Crippen molar-refractivity contribution in [3.63, 3.8) is 0 Å². The molecule has 0 fully saturated rings. The number of hydrogen-bond acceptors (Lipinski definition) is 2. The minimum atomic E-state index is 0. The monoisotopic (exact) mass is 269 g/mol. The minimum Gasteiger partial charge on any atom is -0.497 e. The maximum Gasteiger partial charge on any atom is 0.119 e. The highest BCUT2D eigenvalue weighted by Crippen LogP contribution is 2.25. The summed E-state index contributed by atoms with van der Waals surface area (Å²) < 4.78 is 5.29. The van der Waals surface area contributed by atoms with Crippen LogP contribution in [0.2, 0.25) is 0 Å². The zero-order valence-corrected chi connectivity index (χ0v) is 12.2. The smallest absolute Gasteiger partial charge is 0.119 e. The summed E-state index contributed by atoms with van der Waals surface area (Å²) in [5.74, 6) is 0.984. The normalized spacial score (nSPS) is 17.8. The van der Waals surface area contributed by atoms with Crippen LogP contribution in [0.3, 0.4) is 0 Å². The van der Waals surface area contributed by atoms with Crippen molar-refractivity contribution in [1.82, 2.24) is 5.32 Å². The number of nitrogens with one attached hydrogen (secondary N) is 1. The van der Waals surface area contributed by atoms with Crippen LogP contribution in [-0.2, 0) is 12.8 Å². The Balaban J connectivity index is 0.00000162. The molecule has 2 nitrogen and oxygen atoms in total. The van der Waals surface area contributed by atoms with Gasteiger partial charge in [-0.1, -0.05) is 19.4 Å². The third kappa shape index (κ3) is 3.89. The van der Waals surface area contributed by atoms with Gasteiger partial charge in [0.15, 0.2) is 0 Å². The molecule has 0 bridgehead atoms. The average molecular weight is 270 g/mol. The number of ether oxygens (including phenoxy) is 1. The lowest BCUT2D eigenvalue weighted by Gasteiger charge is -2.26. The molecule has 2 rings (SSSR count). The largest absolute Gasteiger partial charge is 0.497 e. The van der Waals surface area contributed by atoms with Crippen LogP contribution in [0, 0.1) is 0 Å². The second-order valence-corrected chi connectivity index (χ2v) is 4.88. The van der Waals surface area contributed by atoms with E-state index >= 15 is 0 Å². The fourth-order valence-electron chi connectivity index (χ4n) is 2.52. The molecule has 1 aliphatic carbocycles. The van der Waals surface area contributed by atoms with Gasteiger partial charge in [0.25, 0.3) is 0 Å². The quantitative estimate of drug-likeness (QED) is 0.828. The SMILES string of the molecule is CCCCNC1CCc2ccc(OC)cc2C1.Cl. The van der Waals surface area contributed by atoms with Crippen LogP contribution < -0.4 is 10.1 Å². The fraction of sp³-hybridized carbons (Fsp3) is 0.600. The molecule has 1 N–H and O–H groups in total. The second kappa shape index (κ2) is 7.65. The first kappa shape index (κ1) is 15.3. The summed E-state index contributed by atoms with van der Waals surface area (Å²) >= 11 is 0. The van der Waals surface area contributed by atoms with E-state index in [9.17, 15) is 0 Å². The number of aryl methyl sites for hydroxylation is 1. The molecule has 0 radical (unpaired) electrons. The molecule has 0 heterocycles. The average Bonchev–Trinajstić information content (AvgIpc) is 2.38. The first-order valence-electron chi connectivity index (χ1n) is 6.72. The van der Waals surface area contributed by atoms with Gasteiger partial charge in [0, 0.05) is 6.04 Å². The van der Waals surface area contributed by atoms with Crippen molar-refractivity contribution in [1.29, 1.82) is 0 Å². The molecular formula is C15H24ClNO. The van der Waals surface area contributed by atoms with Crippen molar-refractivity contribution in [2.45, 2.75) is 45.1 Å². The second-order valence-electron chi connectivity index (χ2n) is 4.88. The Hall–Kier alpha value is -0.730. The molecule has 1 aromatic carbocycles. The fourth-order valence-corrected chi connectivity index (χ4v) is 2.52. The molecule has 3 heteroatoms. The number of halogens is 1. The number of benzene rings is 1. The van der Waals surface area contributed by atoms with Gasteiger partial charge in [-0.15, -0.1) is 12.4 Å². The molecule has 0 aromatic heterocycles. The topological polar surface area (TPSA) is 21.3 Å². The number of methoxy groups -OCH3 is 1. The van der Waals surface area contributed by atoms with Gasteiger partial charge in [0.05, 0.1) is 7.11 Å². The molecular weight excluding hydrogens is 246 g/mol. The van der Waals surface area contributed by atoms with E-state index in [4.69, 9.17) is 4.74 Å². The molecule has 0 saturated heterocycles. The van der Waals surface area contributed by atoms with E-state index in [0.29, 0.717) is 6.04 Å². The third-order valence-electron chi connectivity index (χ3n) is 3.61. The van der Waals surface area contributed by atoms with E-state index in [-0.39, 0.29) is 12.4 Å². The Morgan fingerprint density at radius 3 is 2.89 bits per heavy atom. The maximum absolute atomic E-state index is 5.29. The summed E-state index contributed by atoms with van der Waals surface area (Å²) in [7, 11) is 1.74. The van der Waals surface area contributed by atoms with Crippen molar-refractivity contribution >= 4 is 12.4 Å². The van der Waals surface area contributed by atoms with Crippen molar-refractivity contribution in [3.8, 4) is 5.75 Å². The summed E-state index contributed by atoms with van der Waals surface area (Å²) in [6.45, 7) is 3.39. The Morgan fingerprint density at radius 1 is 1.33 bits per heavy atom. The van der Waals surface area contributed by atoms with Crippen LogP contribution in [0.15, 0.2) is 18.2 Å². The van der Waals surface area contributed by atoms with Crippen molar-refractivity contribution in [3.05, 3.63) is 29.3 Å². The predicted molar refractivity (Wildman–Crippen MR) is 79.0 cm³/mol. The predicted octanol–water partition coefficient (Wildman–Crippen LogP) is 3.36. The van der Waals surface area contributed by atoms with Crippen molar-refractivity contribution < 1.29 is 4.74 Å². The molecule has 0 aliphatic heterocycles. The first-order chi connectivity index (χ1) is 8.33. The van der Waals surface area contributed by atoms with E-state index in [0.717, 1.165) is 18.7 Å². The Bertz CT molecular complexity index is 368. The van der Waals surface area contributed by atoms with Gasteiger partial charge >= 0.3 is 0 Å². The van der Waals surface area contributed by atoms with Gasteiger partial charge < -0.3 is 10.1 Å². The van der Waals surface area contributed by atoms with Crippen LogP contribution in [0.25, 0.3) is 0 Å². The lowest BCUT2D eigenvalue weighted by atomic mass is 9.88. The standard InChI is InChI=1S/C15H23NO.ClH/c1-3-4-9-16-14-7-5-12-6-8-15(17-2)11-13(12)10-14;/h6,8,11,14,16H,3-5,7,9-10H2,1-2H3;1H. The molecule has 1 aliphatic rings. The van der Waals surface area contributed by atoms with Gasteiger partial charge in [-0.3, -0.25) is 0 Å². The van der Waals surface area contributed by atoms with E-state index < -0.39 is 0 Å². The number of hydrogen-bond donors (Lipinski definition) is 1. The summed E-state index contributed by atoms with van der Waals surface area (Å²) in [5, 5.41) is 3.66. The maximum atomic E-state index is 5.29. The molecule has 0 saturated carbocycles. The molecule has 1 atom stereocenters. The summed E-state index contributed by atoms with van der Waals surface area (Å²) in [4.78, 5) is 0. The Morgan fingerprint density at radius 2 is 2.17 bits per heavy atom. The van der Waals surface area contributed by atoms with Gasteiger partial charge in [-0.25, -0.2) is 0 Å². The first-order valence-corrected chi connectivity index (χ1v) is 6.72. The lowest BCUT2D eigenvalue weighted by molar-refractivity contribution is 0.410. The number of unbranched alkanes of at least 4 members (excludes halogenated alkanes) is 1. The van der Waals surface area contributed by atoms with Gasteiger partial charge in [0.2, 0.25) is 0 Å². The Labute approximate surface area is 117 Å². The molecule has 102 valence electrons. The third-order valence-corrected chi connectivity index (χ3v) is 3.61. The van der Waals surface area contributed by atoms with Gasteiger partial charge in [0.1, 0.15) is 5.75 Å². The van der Waals surface area contributed by atoms with E-state index in [2.05, 4.69) is 30.4 Å². The molecule has 1 aromatic rings. The van der Waals surface area contributed by atoms with Crippen molar-refractivity contribution in [2.75, 3.05) is 13.7 Å². The lowest BCUT2D eigenvalue weighted by Crippen LogP contribution is -2.35. The summed E-state index contributed by atoms with van der Waals surface area (Å²) in [6, 6.07) is 7.14. The number of rotatable bonds is 5. The van der Waals surface area contributed by atoms with E-state index in [1.807, 2.05) is 0 Å². The zero-order chi connectivity index (χ0) is 12.1. The molecule has 0 spiro atoms. The van der Waals surface area contributed by atoms with Gasteiger partial charge in [-0.05, 0) is 55.5 Å². The number of fused-ring (bicyclic) bond motifs is 1. The van der Waals surface area contributed by atoms with Crippen LogP contribution in [-0.4, -0.2) is 19.7 Å². The van der Waals surface area contributed by atoms with Crippen LogP contribution in [0.1, 0.15) is 37.3 Å². The zero-order valence-electron chi connectivity index (χ0n) is 11.4. The van der Waals surface area contributed by atoms with Crippen LogP contribution >= 0.6 is 12.4 Å². The van der Waals surface area contributed by atoms with E-state index in [1.54, 1.807) is 7.11 Å². The molecule has 0 amide bonds. The molecule has 18 heavy (non-hydrogen) atoms. The summed E-state index contributed by atoms with van der Waals surface area (Å²) in [6.07, 6.45) is 6.16. The summed E-state index contributed by atoms with van der Waals surface area (Å²) in [5.41, 5.74) is 2.96. The van der Waals surface area contributed by atoms with E-state index in [1.165, 1.54) is 36.8 Å². The van der Waals surface area contributed by atoms with Crippen LogP contribution in [0.5, 0.6) is 5.75 Å². The highest BCUT2D eigenvalue weighted by Gasteiger charge is 2.18. The van der Waals surface area contributed by atoms with Gasteiger partial charge in [-0.2, -0.15) is 0 Å². The highest BCUT2D eigenvalue weighted by atomic mass is 35.5. The minimum absolute atomic E-state index is 0.